The Morgan fingerprint density at radius 2 is 1.48 bits per heavy atom. The molecule has 2 aromatic rings. The van der Waals surface area contributed by atoms with Crippen LogP contribution < -0.4 is 0 Å². The monoisotopic (exact) mass is 294 g/mol. The molecule has 1 nitrogen and oxygen atoms in total. The van der Waals surface area contributed by atoms with E-state index in [0.29, 0.717) is 5.56 Å². The number of halogens is 4. The van der Waals surface area contributed by atoms with E-state index in [1.54, 1.807) is 0 Å². The zero-order valence-corrected chi connectivity index (χ0v) is 10.7. The van der Waals surface area contributed by atoms with Gasteiger partial charge >= 0.3 is 6.18 Å². The Bertz CT molecular complexity index is 652. The van der Waals surface area contributed by atoms with E-state index in [-0.39, 0.29) is 11.4 Å². The van der Waals surface area contributed by atoms with Crippen molar-refractivity contribution in [2.45, 2.75) is 6.18 Å². The van der Waals surface area contributed by atoms with E-state index in [4.69, 9.17) is 0 Å². The van der Waals surface area contributed by atoms with Gasteiger partial charge in [-0.15, -0.1) is 0 Å². The zero-order chi connectivity index (χ0) is 15.5. The highest BCUT2D eigenvalue weighted by Gasteiger charge is 2.30. The van der Waals surface area contributed by atoms with Crippen molar-refractivity contribution in [2.75, 3.05) is 0 Å². The fourth-order valence-corrected chi connectivity index (χ4v) is 1.67. The number of alkyl halides is 3. The van der Waals surface area contributed by atoms with E-state index < -0.39 is 17.5 Å². The lowest BCUT2D eigenvalue weighted by atomic mass is 10.1. The zero-order valence-electron chi connectivity index (χ0n) is 10.7. The molecule has 0 atom stereocenters. The fourth-order valence-electron chi connectivity index (χ4n) is 1.67. The molecule has 0 aliphatic heterocycles. The van der Waals surface area contributed by atoms with Crippen LogP contribution in [0.4, 0.5) is 17.6 Å². The van der Waals surface area contributed by atoms with Crippen molar-refractivity contribution in [1.29, 1.82) is 0 Å². The highest BCUT2D eigenvalue weighted by Crippen LogP contribution is 2.29. The van der Waals surface area contributed by atoms with Crippen molar-refractivity contribution in [3.8, 4) is 0 Å². The largest absolute Gasteiger partial charge is 0.416 e. The average molecular weight is 294 g/mol. The Labute approximate surface area is 118 Å². The van der Waals surface area contributed by atoms with Gasteiger partial charge in [-0.2, -0.15) is 13.2 Å². The molecule has 0 N–H and O–H groups in total. The summed E-state index contributed by atoms with van der Waals surface area (Å²) in [6.07, 6.45) is -1.72. The van der Waals surface area contributed by atoms with Crippen LogP contribution in [-0.2, 0) is 6.18 Å². The molecule has 21 heavy (non-hydrogen) atoms. The van der Waals surface area contributed by atoms with E-state index in [1.807, 2.05) is 0 Å². The summed E-state index contributed by atoms with van der Waals surface area (Å²) in [5.74, 6) is -0.811. The number of rotatable bonds is 3. The molecule has 0 saturated heterocycles. The highest BCUT2D eigenvalue weighted by molar-refractivity contribution is 6.06. The molecule has 0 bridgehead atoms. The molecule has 2 rings (SSSR count). The van der Waals surface area contributed by atoms with E-state index >= 15 is 0 Å². The molecule has 108 valence electrons. The molecule has 0 fully saturated rings. The maximum atomic E-state index is 12.7. The molecule has 0 saturated carbocycles. The number of allylic oxidation sites excluding steroid dienone is 1. The second-order valence-electron chi connectivity index (χ2n) is 4.32. The van der Waals surface area contributed by atoms with Gasteiger partial charge in [0.15, 0.2) is 5.78 Å². The Kier molecular flexibility index (Phi) is 4.21. The first-order chi connectivity index (χ1) is 9.86. The Morgan fingerprint density at radius 3 is 2.00 bits per heavy atom. The molecule has 5 heteroatoms. The van der Waals surface area contributed by atoms with Crippen LogP contribution in [-0.4, -0.2) is 5.78 Å². The van der Waals surface area contributed by atoms with E-state index in [9.17, 15) is 22.4 Å². The first-order valence-electron chi connectivity index (χ1n) is 6.01. The van der Waals surface area contributed by atoms with E-state index in [1.165, 1.54) is 36.4 Å². The maximum absolute atomic E-state index is 12.7. The Hall–Kier alpha value is -2.43. The Balaban J connectivity index is 2.11. The van der Waals surface area contributed by atoms with Crippen LogP contribution in [0.15, 0.2) is 54.6 Å². The summed E-state index contributed by atoms with van der Waals surface area (Å²) in [7, 11) is 0. The molecule has 0 aliphatic rings. The minimum absolute atomic E-state index is 0.154. The molecule has 0 radical (unpaired) electrons. The third kappa shape index (κ3) is 4.02. The van der Waals surface area contributed by atoms with Gasteiger partial charge in [-0.25, -0.2) is 4.39 Å². The van der Waals surface area contributed by atoms with Crippen LogP contribution >= 0.6 is 0 Å². The summed E-state index contributed by atoms with van der Waals surface area (Å²) in [6, 6.07) is 9.46. The number of carbonyl (C=O) groups excluding carboxylic acids is 1. The molecule has 0 spiro atoms. The normalized spacial score (nSPS) is 11.8. The van der Waals surface area contributed by atoms with Crippen LogP contribution in [0, 0.1) is 5.82 Å². The number of hydrogen-bond donors (Lipinski definition) is 0. The smallest absolute Gasteiger partial charge is 0.289 e. The maximum Gasteiger partial charge on any atom is 0.416 e. The van der Waals surface area contributed by atoms with Gasteiger partial charge in [0.2, 0.25) is 0 Å². The number of carbonyl (C=O) groups is 1. The highest BCUT2D eigenvalue weighted by atomic mass is 19.4. The molecular formula is C16H10F4O. The van der Waals surface area contributed by atoms with Gasteiger partial charge in [0, 0.05) is 5.56 Å². The minimum atomic E-state index is -4.43. The molecule has 0 unspecified atom stereocenters. The molecule has 0 heterocycles. The van der Waals surface area contributed by atoms with Crippen molar-refractivity contribution in [2.24, 2.45) is 0 Å². The molecule has 0 amide bonds. The van der Waals surface area contributed by atoms with Crippen LogP contribution in [0.25, 0.3) is 6.08 Å². The second-order valence-corrected chi connectivity index (χ2v) is 4.32. The van der Waals surface area contributed by atoms with Gasteiger partial charge < -0.3 is 0 Å². The van der Waals surface area contributed by atoms with Crippen molar-refractivity contribution in [3.05, 3.63) is 77.1 Å². The van der Waals surface area contributed by atoms with Crippen molar-refractivity contribution >= 4 is 11.9 Å². The minimum Gasteiger partial charge on any atom is -0.289 e. The van der Waals surface area contributed by atoms with Crippen molar-refractivity contribution in [3.63, 3.8) is 0 Å². The van der Waals surface area contributed by atoms with Crippen LogP contribution in [0.2, 0.25) is 0 Å². The quantitative estimate of drug-likeness (QED) is 0.454. The van der Waals surface area contributed by atoms with Gasteiger partial charge in [-0.1, -0.05) is 30.3 Å². The lowest BCUT2D eigenvalue weighted by molar-refractivity contribution is -0.137. The predicted molar refractivity (Wildman–Crippen MR) is 71.2 cm³/mol. The standard InChI is InChI=1S/C16H10F4O/c17-14-8-1-11(2-9-14)3-10-15(21)12-4-6-13(7-5-12)16(18,19)20/h1-10H. The fraction of sp³-hybridized carbons (Fsp3) is 0.0625. The summed E-state index contributed by atoms with van der Waals surface area (Å²) in [4.78, 5) is 11.8. The molecule has 0 aromatic heterocycles. The van der Waals surface area contributed by atoms with E-state index in [0.717, 1.165) is 24.3 Å². The predicted octanol–water partition coefficient (Wildman–Crippen LogP) is 4.74. The number of benzene rings is 2. The number of ketones is 1. The Morgan fingerprint density at radius 1 is 0.905 bits per heavy atom. The van der Waals surface area contributed by atoms with Crippen molar-refractivity contribution in [1.82, 2.24) is 0 Å². The summed E-state index contributed by atoms with van der Waals surface area (Å²) in [5.41, 5.74) is -0.0282. The van der Waals surface area contributed by atoms with Gasteiger partial charge in [0.05, 0.1) is 5.56 Å². The topological polar surface area (TPSA) is 17.1 Å². The average Bonchev–Trinajstić information content (AvgIpc) is 2.45. The second kappa shape index (κ2) is 5.91. The molecular weight excluding hydrogens is 284 g/mol. The first-order valence-corrected chi connectivity index (χ1v) is 6.01. The summed E-state index contributed by atoms with van der Waals surface area (Å²) in [5, 5.41) is 0. The van der Waals surface area contributed by atoms with Crippen LogP contribution in [0.3, 0.4) is 0 Å². The van der Waals surface area contributed by atoms with Gasteiger partial charge in [-0.05, 0) is 35.9 Å². The van der Waals surface area contributed by atoms with Gasteiger partial charge in [0.1, 0.15) is 5.82 Å². The van der Waals surface area contributed by atoms with Gasteiger partial charge in [0.25, 0.3) is 0 Å². The summed E-state index contributed by atoms with van der Waals surface area (Å²) < 4.78 is 49.9. The summed E-state index contributed by atoms with van der Waals surface area (Å²) >= 11 is 0. The van der Waals surface area contributed by atoms with Crippen LogP contribution in [0.1, 0.15) is 21.5 Å². The number of hydrogen-bond acceptors (Lipinski definition) is 1. The molecule has 0 aliphatic carbocycles. The SMILES string of the molecule is O=C(C=Cc1ccc(F)cc1)c1ccc(C(F)(F)F)cc1. The third-order valence-electron chi connectivity index (χ3n) is 2.79. The lowest BCUT2D eigenvalue weighted by Gasteiger charge is -2.06. The van der Waals surface area contributed by atoms with Crippen molar-refractivity contribution < 1.29 is 22.4 Å². The third-order valence-corrected chi connectivity index (χ3v) is 2.79. The summed E-state index contributed by atoms with van der Waals surface area (Å²) in [6.45, 7) is 0. The first kappa shape index (κ1) is 15.0. The van der Waals surface area contributed by atoms with E-state index in [2.05, 4.69) is 0 Å². The van der Waals surface area contributed by atoms with Crippen LogP contribution in [0.5, 0.6) is 0 Å². The molecule has 2 aromatic carbocycles. The lowest BCUT2D eigenvalue weighted by Crippen LogP contribution is -2.05. The van der Waals surface area contributed by atoms with Gasteiger partial charge in [-0.3, -0.25) is 4.79 Å².